The maximum Gasteiger partial charge on any atom is 0.107 e. The van der Waals surface area contributed by atoms with Crippen LogP contribution in [0, 0.1) is 0 Å². The third-order valence-corrected chi connectivity index (χ3v) is 4.03. The number of aryl methyl sites for hydroxylation is 1. The zero-order valence-electron chi connectivity index (χ0n) is 11.5. The molecule has 0 aliphatic heterocycles. The fourth-order valence-corrected chi connectivity index (χ4v) is 2.64. The molecule has 0 aromatic carbocycles. The summed E-state index contributed by atoms with van der Waals surface area (Å²) in [5.41, 5.74) is 1.27. The van der Waals surface area contributed by atoms with E-state index in [1.54, 1.807) is 11.3 Å². The van der Waals surface area contributed by atoms with Gasteiger partial charge in [0.15, 0.2) is 0 Å². The molecule has 2 rings (SSSR count). The van der Waals surface area contributed by atoms with E-state index >= 15 is 0 Å². The van der Waals surface area contributed by atoms with E-state index in [4.69, 9.17) is 0 Å². The van der Waals surface area contributed by atoms with Gasteiger partial charge in [-0.05, 0) is 38.6 Å². The van der Waals surface area contributed by atoms with E-state index in [1.165, 1.54) is 42.9 Å². The first kappa shape index (κ1) is 14.0. The van der Waals surface area contributed by atoms with Gasteiger partial charge in [-0.2, -0.15) is 0 Å². The van der Waals surface area contributed by atoms with Crippen molar-refractivity contribution in [2.45, 2.75) is 64.6 Å². The van der Waals surface area contributed by atoms with Crippen molar-refractivity contribution < 1.29 is 0 Å². The standard InChI is InChI=1S/C14H25N3S/c1-11(2)16-9-14-17-13(10-18-14)5-3-4-8-15-12-6-7-12/h10-12,15-16H,3-9H2,1-2H3. The molecule has 0 amide bonds. The summed E-state index contributed by atoms with van der Waals surface area (Å²) in [5, 5.41) is 10.4. The first-order valence-corrected chi connectivity index (χ1v) is 8.02. The molecule has 1 heterocycles. The SMILES string of the molecule is CC(C)NCc1nc(CCCCNC2CC2)cs1. The second-order valence-electron chi connectivity index (χ2n) is 5.45. The molecule has 1 fully saturated rings. The summed E-state index contributed by atoms with van der Waals surface area (Å²) < 4.78 is 0. The summed E-state index contributed by atoms with van der Waals surface area (Å²) in [7, 11) is 0. The highest BCUT2D eigenvalue weighted by molar-refractivity contribution is 7.09. The van der Waals surface area contributed by atoms with Crippen LogP contribution >= 0.6 is 11.3 Å². The lowest BCUT2D eigenvalue weighted by Crippen LogP contribution is -2.21. The van der Waals surface area contributed by atoms with Gasteiger partial charge in [0.2, 0.25) is 0 Å². The van der Waals surface area contributed by atoms with Gasteiger partial charge in [0.25, 0.3) is 0 Å². The lowest BCUT2D eigenvalue weighted by atomic mass is 10.2. The van der Waals surface area contributed by atoms with Crippen molar-refractivity contribution in [3.63, 3.8) is 0 Å². The Balaban J connectivity index is 1.57. The Morgan fingerprint density at radius 1 is 1.39 bits per heavy atom. The Morgan fingerprint density at radius 2 is 2.22 bits per heavy atom. The van der Waals surface area contributed by atoms with Crippen molar-refractivity contribution in [3.8, 4) is 0 Å². The third-order valence-electron chi connectivity index (χ3n) is 3.13. The normalized spacial score (nSPS) is 15.5. The molecule has 4 heteroatoms. The second-order valence-corrected chi connectivity index (χ2v) is 6.40. The Hall–Kier alpha value is -0.450. The minimum atomic E-state index is 0.533. The van der Waals surface area contributed by atoms with Gasteiger partial charge < -0.3 is 10.6 Å². The smallest absolute Gasteiger partial charge is 0.107 e. The summed E-state index contributed by atoms with van der Waals surface area (Å²) in [4.78, 5) is 4.66. The summed E-state index contributed by atoms with van der Waals surface area (Å²) in [6.07, 6.45) is 6.43. The average molecular weight is 267 g/mol. The van der Waals surface area contributed by atoms with E-state index in [0.717, 1.165) is 19.0 Å². The average Bonchev–Trinajstić information content (AvgIpc) is 3.05. The zero-order valence-corrected chi connectivity index (χ0v) is 12.4. The quantitative estimate of drug-likeness (QED) is 0.676. The molecule has 1 aliphatic carbocycles. The van der Waals surface area contributed by atoms with Gasteiger partial charge in [0.1, 0.15) is 5.01 Å². The molecule has 0 saturated heterocycles. The van der Waals surface area contributed by atoms with E-state index in [1.807, 2.05) is 0 Å². The Kier molecular flexibility index (Phi) is 5.60. The number of nitrogens with zero attached hydrogens (tertiary/aromatic N) is 1. The van der Waals surface area contributed by atoms with Gasteiger partial charge in [-0.1, -0.05) is 13.8 Å². The number of hydrogen-bond acceptors (Lipinski definition) is 4. The van der Waals surface area contributed by atoms with Crippen molar-refractivity contribution in [1.29, 1.82) is 0 Å². The van der Waals surface area contributed by atoms with Crippen LogP contribution in [0.4, 0.5) is 0 Å². The minimum absolute atomic E-state index is 0.533. The van der Waals surface area contributed by atoms with Crippen LogP contribution in [-0.2, 0) is 13.0 Å². The first-order valence-electron chi connectivity index (χ1n) is 7.14. The largest absolute Gasteiger partial charge is 0.314 e. The number of hydrogen-bond donors (Lipinski definition) is 2. The van der Waals surface area contributed by atoms with Crippen LogP contribution in [0.1, 0.15) is 50.2 Å². The van der Waals surface area contributed by atoms with Crippen LogP contribution < -0.4 is 10.6 Å². The molecule has 1 aliphatic rings. The third kappa shape index (κ3) is 5.46. The maximum absolute atomic E-state index is 4.66. The lowest BCUT2D eigenvalue weighted by Gasteiger charge is -2.04. The second kappa shape index (κ2) is 7.22. The highest BCUT2D eigenvalue weighted by Crippen LogP contribution is 2.18. The lowest BCUT2D eigenvalue weighted by molar-refractivity contribution is 0.585. The van der Waals surface area contributed by atoms with Gasteiger partial charge in [0.05, 0.1) is 5.69 Å². The monoisotopic (exact) mass is 267 g/mol. The minimum Gasteiger partial charge on any atom is -0.314 e. The van der Waals surface area contributed by atoms with Crippen LogP contribution in [-0.4, -0.2) is 23.6 Å². The van der Waals surface area contributed by atoms with Crippen LogP contribution in [0.5, 0.6) is 0 Å². The number of aromatic nitrogens is 1. The molecule has 0 radical (unpaired) electrons. The molecule has 3 nitrogen and oxygen atoms in total. The topological polar surface area (TPSA) is 37.0 Å². The number of thiazole rings is 1. The van der Waals surface area contributed by atoms with Crippen molar-refractivity contribution in [1.82, 2.24) is 15.6 Å². The van der Waals surface area contributed by atoms with E-state index < -0.39 is 0 Å². The van der Waals surface area contributed by atoms with Crippen LogP contribution in [0.15, 0.2) is 5.38 Å². The predicted octanol–water partition coefficient (Wildman–Crippen LogP) is 2.72. The molecule has 1 saturated carbocycles. The fourth-order valence-electron chi connectivity index (χ4n) is 1.86. The van der Waals surface area contributed by atoms with Gasteiger partial charge in [-0.15, -0.1) is 11.3 Å². The molecule has 0 unspecified atom stereocenters. The van der Waals surface area contributed by atoms with E-state index in [9.17, 15) is 0 Å². The highest BCUT2D eigenvalue weighted by atomic mass is 32.1. The summed E-state index contributed by atoms with van der Waals surface area (Å²) >= 11 is 1.78. The molecule has 0 atom stereocenters. The van der Waals surface area contributed by atoms with Crippen LogP contribution in [0.25, 0.3) is 0 Å². The van der Waals surface area contributed by atoms with Gasteiger partial charge in [-0.3, -0.25) is 0 Å². The molecule has 102 valence electrons. The Bertz CT molecular complexity index is 345. The number of unbranched alkanes of at least 4 members (excludes halogenated alkanes) is 1. The zero-order chi connectivity index (χ0) is 12.8. The van der Waals surface area contributed by atoms with Crippen molar-refractivity contribution in [3.05, 3.63) is 16.1 Å². The van der Waals surface area contributed by atoms with Gasteiger partial charge in [-0.25, -0.2) is 4.98 Å². The molecule has 0 spiro atoms. The fraction of sp³-hybridized carbons (Fsp3) is 0.786. The Morgan fingerprint density at radius 3 is 2.94 bits per heavy atom. The van der Waals surface area contributed by atoms with E-state index in [2.05, 4.69) is 34.8 Å². The van der Waals surface area contributed by atoms with Crippen LogP contribution in [0.3, 0.4) is 0 Å². The molecular formula is C14H25N3S. The first-order chi connectivity index (χ1) is 8.74. The van der Waals surface area contributed by atoms with Crippen molar-refractivity contribution in [2.24, 2.45) is 0 Å². The summed E-state index contributed by atoms with van der Waals surface area (Å²) in [6.45, 7) is 6.42. The molecule has 1 aromatic heterocycles. The molecule has 2 N–H and O–H groups in total. The molecule has 18 heavy (non-hydrogen) atoms. The summed E-state index contributed by atoms with van der Waals surface area (Å²) in [6, 6.07) is 1.38. The van der Waals surface area contributed by atoms with Crippen LogP contribution in [0.2, 0.25) is 0 Å². The molecule has 1 aromatic rings. The van der Waals surface area contributed by atoms with E-state index in [0.29, 0.717) is 6.04 Å². The number of nitrogens with one attached hydrogen (secondary N) is 2. The van der Waals surface area contributed by atoms with E-state index in [-0.39, 0.29) is 0 Å². The molecular weight excluding hydrogens is 242 g/mol. The molecule has 0 bridgehead atoms. The van der Waals surface area contributed by atoms with Crippen molar-refractivity contribution >= 4 is 11.3 Å². The maximum atomic E-state index is 4.66. The number of rotatable bonds is 9. The highest BCUT2D eigenvalue weighted by Gasteiger charge is 2.19. The van der Waals surface area contributed by atoms with Gasteiger partial charge >= 0.3 is 0 Å². The summed E-state index contributed by atoms with van der Waals surface area (Å²) in [5.74, 6) is 0. The predicted molar refractivity (Wildman–Crippen MR) is 78.1 cm³/mol. The van der Waals surface area contributed by atoms with Gasteiger partial charge in [0, 0.05) is 24.0 Å². The Labute approximate surface area is 114 Å². The van der Waals surface area contributed by atoms with Crippen molar-refractivity contribution in [2.75, 3.05) is 6.54 Å².